The van der Waals surface area contributed by atoms with Crippen LogP contribution in [0.25, 0.3) is 11.5 Å². The monoisotopic (exact) mass is 508 g/mol. The molecule has 0 saturated carbocycles. The second kappa shape index (κ2) is 9.42. The fourth-order valence-corrected chi connectivity index (χ4v) is 6.17. The van der Waals surface area contributed by atoms with Crippen LogP contribution in [0.15, 0.2) is 51.8 Å². The first-order valence-electron chi connectivity index (χ1n) is 10.3. The number of piperidine rings is 1. The lowest BCUT2D eigenvalue weighted by Crippen LogP contribution is -2.42. The molecule has 1 N–H and O–H groups in total. The van der Waals surface area contributed by atoms with Crippen LogP contribution in [0.4, 0.5) is 6.01 Å². The van der Waals surface area contributed by atoms with Gasteiger partial charge in [-0.15, -0.1) is 5.10 Å². The number of nitrogens with zero attached hydrogens (tertiary/aromatic N) is 3. The standard InChI is InChI=1S/C22H22Cl2N4O4S/c1-13-7-14(2)12-28(11-13)33(30,31)19-5-3-15(4-6-19)20(29)25-22-27-26-21(32-22)16-8-17(23)10-18(24)9-16/h3-6,8-10,13-14H,7,11-12H2,1-2H3,(H,25,27,29)/t13-,14+. The van der Waals surface area contributed by atoms with Crippen molar-refractivity contribution in [3.8, 4) is 11.5 Å². The summed E-state index contributed by atoms with van der Waals surface area (Å²) in [5, 5.41) is 11.0. The van der Waals surface area contributed by atoms with Crippen LogP contribution in [0.1, 0.15) is 30.6 Å². The van der Waals surface area contributed by atoms with Crippen LogP contribution >= 0.6 is 23.2 Å². The van der Waals surface area contributed by atoms with Crippen LogP contribution in [0, 0.1) is 11.8 Å². The molecule has 1 amide bonds. The van der Waals surface area contributed by atoms with Gasteiger partial charge in [-0.3, -0.25) is 10.1 Å². The summed E-state index contributed by atoms with van der Waals surface area (Å²) in [6.07, 6.45) is 1.01. The molecule has 11 heteroatoms. The summed E-state index contributed by atoms with van der Waals surface area (Å²) in [6.45, 7) is 5.09. The van der Waals surface area contributed by atoms with Crippen molar-refractivity contribution in [2.24, 2.45) is 11.8 Å². The van der Waals surface area contributed by atoms with E-state index in [1.165, 1.54) is 28.6 Å². The molecule has 0 spiro atoms. The predicted molar refractivity (Wildman–Crippen MR) is 126 cm³/mol. The average molecular weight is 509 g/mol. The maximum atomic E-state index is 13.0. The van der Waals surface area contributed by atoms with Crippen molar-refractivity contribution in [2.75, 3.05) is 18.4 Å². The van der Waals surface area contributed by atoms with E-state index in [1.54, 1.807) is 18.2 Å². The molecule has 0 bridgehead atoms. The number of hydrogen-bond donors (Lipinski definition) is 1. The van der Waals surface area contributed by atoms with Gasteiger partial charge in [0, 0.05) is 34.3 Å². The van der Waals surface area contributed by atoms with Crippen molar-refractivity contribution < 1.29 is 17.6 Å². The number of aromatic nitrogens is 2. The molecule has 33 heavy (non-hydrogen) atoms. The highest BCUT2D eigenvalue weighted by atomic mass is 35.5. The summed E-state index contributed by atoms with van der Waals surface area (Å²) in [5.41, 5.74) is 0.760. The van der Waals surface area contributed by atoms with E-state index in [4.69, 9.17) is 27.6 Å². The smallest absolute Gasteiger partial charge is 0.322 e. The largest absolute Gasteiger partial charge is 0.403 e. The van der Waals surface area contributed by atoms with E-state index in [1.807, 2.05) is 0 Å². The molecule has 1 saturated heterocycles. The molecule has 1 aliphatic heterocycles. The van der Waals surface area contributed by atoms with Gasteiger partial charge in [-0.25, -0.2) is 8.42 Å². The van der Waals surface area contributed by atoms with E-state index in [0.29, 0.717) is 40.5 Å². The van der Waals surface area contributed by atoms with E-state index in [2.05, 4.69) is 29.4 Å². The van der Waals surface area contributed by atoms with Crippen molar-refractivity contribution in [3.05, 3.63) is 58.1 Å². The number of anilines is 1. The zero-order valence-electron chi connectivity index (χ0n) is 18.0. The summed E-state index contributed by atoms with van der Waals surface area (Å²) in [5.74, 6) is 0.228. The lowest BCUT2D eigenvalue weighted by molar-refractivity contribution is 0.102. The molecule has 2 heterocycles. The Bertz CT molecular complexity index is 1250. The zero-order chi connectivity index (χ0) is 23.8. The van der Waals surface area contributed by atoms with Crippen LogP contribution < -0.4 is 5.32 Å². The van der Waals surface area contributed by atoms with E-state index >= 15 is 0 Å². The molecular weight excluding hydrogens is 487 g/mol. The number of halogens is 2. The van der Waals surface area contributed by atoms with Gasteiger partial charge in [-0.1, -0.05) is 42.1 Å². The third-order valence-corrected chi connectivity index (χ3v) is 7.63. The lowest BCUT2D eigenvalue weighted by atomic mass is 9.94. The number of sulfonamides is 1. The molecule has 2 aromatic carbocycles. The molecule has 0 aliphatic carbocycles. The van der Waals surface area contributed by atoms with Crippen LogP contribution in [0.2, 0.25) is 10.0 Å². The molecule has 1 fully saturated rings. The van der Waals surface area contributed by atoms with Gasteiger partial charge >= 0.3 is 6.01 Å². The minimum Gasteiger partial charge on any atom is -0.403 e. The highest BCUT2D eigenvalue weighted by Gasteiger charge is 2.31. The highest BCUT2D eigenvalue weighted by Crippen LogP contribution is 2.28. The SMILES string of the molecule is C[C@@H]1C[C@H](C)CN(S(=O)(=O)c2ccc(C(=O)Nc3nnc(-c4cc(Cl)cc(Cl)c4)o3)cc2)C1. The minimum atomic E-state index is -3.62. The molecule has 3 aromatic rings. The zero-order valence-corrected chi connectivity index (χ0v) is 20.3. The normalized spacial score (nSPS) is 19.4. The Morgan fingerprint density at radius 1 is 1.03 bits per heavy atom. The number of benzene rings is 2. The molecule has 0 radical (unpaired) electrons. The summed E-state index contributed by atoms with van der Waals surface area (Å²) >= 11 is 12.0. The van der Waals surface area contributed by atoms with Crippen molar-refractivity contribution >= 4 is 45.1 Å². The fourth-order valence-electron chi connectivity index (χ4n) is 3.97. The number of carbonyl (C=O) groups excluding carboxylic acids is 1. The van der Waals surface area contributed by atoms with Crippen molar-refractivity contribution in [1.29, 1.82) is 0 Å². The van der Waals surface area contributed by atoms with Crippen molar-refractivity contribution in [3.63, 3.8) is 0 Å². The molecule has 2 atom stereocenters. The average Bonchev–Trinajstić information content (AvgIpc) is 3.21. The Morgan fingerprint density at radius 2 is 1.64 bits per heavy atom. The van der Waals surface area contributed by atoms with E-state index in [9.17, 15) is 13.2 Å². The van der Waals surface area contributed by atoms with Crippen LogP contribution in [0.5, 0.6) is 0 Å². The molecule has 1 aromatic heterocycles. The minimum absolute atomic E-state index is 0.112. The van der Waals surface area contributed by atoms with Crippen molar-refractivity contribution in [2.45, 2.75) is 25.2 Å². The van der Waals surface area contributed by atoms with Gasteiger partial charge in [0.15, 0.2) is 0 Å². The Hall–Kier alpha value is -2.46. The molecular formula is C22H22Cl2N4O4S. The number of nitrogens with one attached hydrogen (secondary N) is 1. The molecule has 174 valence electrons. The van der Waals surface area contributed by atoms with Gasteiger partial charge in [-0.2, -0.15) is 4.31 Å². The second-order valence-electron chi connectivity index (χ2n) is 8.32. The molecule has 0 unspecified atom stereocenters. The van der Waals surface area contributed by atoms with Crippen molar-refractivity contribution in [1.82, 2.24) is 14.5 Å². The first kappa shape index (κ1) is 23.7. The summed E-state index contributed by atoms with van der Waals surface area (Å²) in [4.78, 5) is 12.7. The summed E-state index contributed by atoms with van der Waals surface area (Å²) in [6, 6.07) is 10.4. The second-order valence-corrected chi connectivity index (χ2v) is 11.1. The van der Waals surface area contributed by atoms with Gasteiger partial charge in [-0.05, 0) is 60.7 Å². The Labute approximate surface area is 201 Å². The quantitative estimate of drug-likeness (QED) is 0.521. The maximum Gasteiger partial charge on any atom is 0.322 e. The van der Waals surface area contributed by atoms with E-state index in [-0.39, 0.29) is 22.4 Å². The van der Waals surface area contributed by atoms with Gasteiger partial charge in [0.05, 0.1) is 4.90 Å². The first-order chi connectivity index (χ1) is 15.6. The molecule has 8 nitrogen and oxygen atoms in total. The number of hydrogen-bond acceptors (Lipinski definition) is 6. The number of rotatable bonds is 5. The van der Waals surface area contributed by atoms with Crippen LogP contribution in [0.3, 0.4) is 0 Å². The topological polar surface area (TPSA) is 105 Å². The fraction of sp³-hybridized carbons (Fsp3) is 0.318. The third-order valence-electron chi connectivity index (χ3n) is 5.34. The van der Waals surface area contributed by atoms with Gasteiger partial charge < -0.3 is 4.42 Å². The van der Waals surface area contributed by atoms with Gasteiger partial charge in [0.1, 0.15) is 0 Å². The predicted octanol–water partition coefficient (Wildman–Crippen LogP) is 4.96. The first-order valence-corrected chi connectivity index (χ1v) is 12.5. The van der Waals surface area contributed by atoms with Gasteiger partial charge in [0.2, 0.25) is 15.9 Å². The van der Waals surface area contributed by atoms with E-state index in [0.717, 1.165) is 6.42 Å². The number of carbonyl (C=O) groups is 1. The van der Waals surface area contributed by atoms with Crippen LogP contribution in [-0.2, 0) is 10.0 Å². The maximum absolute atomic E-state index is 13.0. The van der Waals surface area contributed by atoms with E-state index < -0.39 is 15.9 Å². The summed E-state index contributed by atoms with van der Waals surface area (Å²) < 4.78 is 33.0. The van der Waals surface area contributed by atoms with Gasteiger partial charge in [0.25, 0.3) is 5.91 Å². The Balaban J connectivity index is 1.46. The molecule has 4 rings (SSSR count). The van der Waals surface area contributed by atoms with Crippen LogP contribution in [-0.4, -0.2) is 41.9 Å². The third kappa shape index (κ3) is 5.38. The Kier molecular flexibility index (Phi) is 6.76. The summed E-state index contributed by atoms with van der Waals surface area (Å²) in [7, 11) is -3.62. The highest BCUT2D eigenvalue weighted by molar-refractivity contribution is 7.89. The molecule has 1 aliphatic rings. The number of amides is 1. The lowest BCUT2D eigenvalue weighted by Gasteiger charge is -2.34. The Morgan fingerprint density at radius 3 is 2.24 bits per heavy atom.